The molecule has 0 spiro atoms. The Balaban J connectivity index is 1.83. The molecule has 3 rings (SSSR count). The number of ether oxygens (including phenoxy) is 1. The maximum atomic E-state index is 12.6. The van der Waals surface area contributed by atoms with Gasteiger partial charge < -0.3 is 10.1 Å². The SMILES string of the molecule is COc1ccccc1S(=O)(=O)Nc1cccc(C(=O)NC2CC2)c1. The summed E-state index contributed by atoms with van der Waals surface area (Å²) in [6.07, 6.45) is 1.98. The van der Waals surface area contributed by atoms with E-state index in [0.29, 0.717) is 11.3 Å². The standard InChI is InChI=1S/C17H18N2O4S/c1-23-15-7-2-3-8-16(15)24(21,22)19-14-6-4-5-12(11-14)17(20)18-13-9-10-13/h2-8,11,13,19H,9-10H2,1H3,(H,18,20). The summed E-state index contributed by atoms with van der Waals surface area (Å²) in [5, 5.41) is 2.87. The molecular formula is C17H18N2O4S. The Morgan fingerprint density at radius 3 is 2.58 bits per heavy atom. The fourth-order valence-corrected chi connectivity index (χ4v) is 3.49. The Kier molecular flexibility index (Phi) is 4.44. The average Bonchev–Trinajstić information content (AvgIpc) is 3.38. The van der Waals surface area contributed by atoms with Crippen LogP contribution in [0.25, 0.3) is 0 Å². The molecule has 1 fully saturated rings. The lowest BCUT2D eigenvalue weighted by Crippen LogP contribution is -2.25. The molecule has 7 heteroatoms. The predicted molar refractivity (Wildman–Crippen MR) is 90.7 cm³/mol. The number of carbonyl (C=O) groups is 1. The van der Waals surface area contributed by atoms with Gasteiger partial charge in [-0.05, 0) is 43.2 Å². The van der Waals surface area contributed by atoms with E-state index in [1.54, 1.807) is 36.4 Å². The van der Waals surface area contributed by atoms with Gasteiger partial charge in [-0.15, -0.1) is 0 Å². The maximum absolute atomic E-state index is 12.6. The number of para-hydroxylation sites is 1. The van der Waals surface area contributed by atoms with Crippen LogP contribution in [-0.2, 0) is 10.0 Å². The molecule has 0 aromatic heterocycles. The zero-order valence-corrected chi connectivity index (χ0v) is 14.0. The van der Waals surface area contributed by atoms with Crippen molar-refractivity contribution in [2.45, 2.75) is 23.8 Å². The molecule has 1 aliphatic rings. The van der Waals surface area contributed by atoms with Crippen molar-refractivity contribution in [1.29, 1.82) is 0 Å². The minimum Gasteiger partial charge on any atom is -0.495 e. The molecule has 2 N–H and O–H groups in total. The lowest BCUT2D eigenvalue weighted by Gasteiger charge is -2.12. The Labute approximate surface area is 140 Å². The minimum absolute atomic E-state index is 0.0420. The molecule has 2 aromatic rings. The topological polar surface area (TPSA) is 84.5 Å². The number of nitrogens with one attached hydrogen (secondary N) is 2. The number of hydrogen-bond acceptors (Lipinski definition) is 4. The second-order valence-corrected chi connectivity index (χ2v) is 7.24. The monoisotopic (exact) mass is 346 g/mol. The third kappa shape index (κ3) is 3.68. The first-order valence-electron chi connectivity index (χ1n) is 7.56. The van der Waals surface area contributed by atoms with Crippen molar-refractivity contribution in [3.8, 4) is 5.75 Å². The summed E-state index contributed by atoms with van der Waals surface area (Å²) in [6, 6.07) is 13.0. The molecular weight excluding hydrogens is 328 g/mol. The number of carbonyl (C=O) groups excluding carboxylic acids is 1. The van der Waals surface area contributed by atoms with Crippen LogP contribution in [0.4, 0.5) is 5.69 Å². The highest BCUT2D eigenvalue weighted by atomic mass is 32.2. The normalized spacial score (nSPS) is 14.0. The number of amides is 1. The van der Waals surface area contributed by atoms with Crippen LogP contribution in [0.2, 0.25) is 0 Å². The van der Waals surface area contributed by atoms with Crippen molar-refractivity contribution < 1.29 is 17.9 Å². The second-order valence-electron chi connectivity index (χ2n) is 5.58. The molecule has 0 aliphatic heterocycles. The molecule has 0 bridgehead atoms. The molecule has 0 unspecified atom stereocenters. The summed E-state index contributed by atoms with van der Waals surface area (Å²) in [5.41, 5.74) is 0.742. The van der Waals surface area contributed by atoms with Crippen LogP contribution < -0.4 is 14.8 Å². The van der Waals surface area contributed by atoms with Crippen LogP contribution in [0.5, 0.6) is 5.75 Å². The number of methoxy groups -OCH3 is 1. The largest absolute Gasteiger partial charge is 0.495 e. The molecule has 2 aromatic carbocycles. The van der Waals surface area contributed by atoms with Gasteiger partial charge in [-0.2, -0.15) is 0 Å². The first-order chi connectivity index (χ1) is 11.5. The van der Waals surface area contributed by atoms with Crippen LogP contribution >= 0.6 is 0 Å². The van der Waals surface area contributed by atoms with E-state index in [4.69, 9.17) is 4.74 Å². The highest BCUT2D eigenvalue weighted by Crippen LogP contribution is 2.25. The van der Waals surface area contributed by atoms with E-state index in [0.717, 1.165) is 12.8 Å². The van der Waals surface area contributed by atoms with Gasteiger partial charge in [0.25, 0.3) is 15.9 Å². The van der Waals surface area contributed by atoms with Crippen molar-refractivity contribution in [3.63, 3.8) is 0 Å². The Morgan fingerprint density at radius 1 is 1.12 bits per heavy atom. The number of rotatable bonds is 6. The summed E-state index contributed by atoms with van der Waals surface area (Å²) in [5.74, 6) is 0.0588. The second kappa shape index (κ2) is 6.52. The van der Waals surface area contributed by atoms with Crippen molar-refractivity contribution in [2.24, 2.45) is 0 Å². The van der Waals surface area contributed by atoms with Gasteiger partial charge in [0.2, 0.25) is 0 Å². The third-order valence-electron chi connectivity index (χ3n) is 3.65. The van der Waals surface area contributed by atoms with Crippen LogP contribution in [0.15, 0.2) is 53.4 Å². The van der Waals surface area contributed by atoms with Crippen molar-refractivity contribution in [1.82, 2.24) is 5.32 Å². The molecule has 0 atom stereocenters. The summed E-state index contributed by atoms with van der Waals surface area (Å²) in [6.45, 7) is 0. The van der Waals surface area contributed by atoms with E-state index in [2.05, 4.69) is 10.0 Å². The number of hydrogen-bond donors (Lipinski definition) is 2. The Hall–Kier alpha value is -2.54. The lowest BCUT2D eigenvalue weighted by molar-refractivity contribution is 0.0951. The predicted octanol–water partition coefficient (Wildman–Crippen LogP) is 2.39. The summed E-state index contributed by atoms with van der Waals surface area (Å²) in [4.78, 5) is 12.1. The quantitative estimate of drug-likeness (QED) is 0.841. The van der Waals surface area contributed by atoms with Gasteiger partial charge in [-0.3, -0.25) is 9.52 Å². The first kappa shape index (κ1) is 16.3. The van der Waals surface area contributed by atoms with Gasteiger partial charge in [0.15, 0.2) is 0 Å². The highest BCUT2D eigenvalue weighted by Gasteiger charge is 2.24. The minimum atomic E-state index is -3.82. The van der Waals surface area contributed by atoms with Crippen LogP contribution in [0, 0.1) is 0 Å². The van der Waals surface area contributed by atoms with Crippen LogP contribution in [0.1, 0.15) is 23.2 Å². The zero-order chi connectivity index (χ0) is 17.2. The summed E-state index contributed by atoms with van der Waals surface area (Å²) >= 11 is 0. The molecule has 1 saturated carbocycles. The fraction of sp³-hybridized carbons (Fsp3) is 0.235. The van der Waals surface area contributed by atoms with E-state index in [9.17, 15) is 13.2 Å². The van der Waals surface area contributed by atoms with E-state index in [1.807, 2.05) is 0 Å². The molecule has 24 heavy (non-hydrogen) atoms. The average molecular weight is 346 g/mol. The van der Waals surface area contributed by atoms with Crippen LogP contribution in [0.3, 0.4) is 0 Å². The number of anilines is 1. The molecule has 0 radical (unpaired) electrons. The van der Waals surface area contributed by atoms with Crippen molar-refractivity contribution in [3.05, 3.63) is 54.1 Å². The lowest BCUT2D eigenvalue weighted by atomic mass is 10.2. The Bertz CT molecular complexity index is 860. The van der Waals surface area contributed by atoms with Gasteiger partial charge in [0.1, 0.15) is 10.6 Å². The summed E-state index contributed by atoms with van der Waals surface area (Å²) in [7, 11) is -2.40. The van der Waals surface area contributed by atoms with Gasteiger partial charge in [-0.1, -0.05) is 18.2 Å². The Morgan fingerprint density at radius 2 is 1.88 bits per heavy atom. The van der Waals surface area contributed by atoms with Gasteiger partial charge in [0, 0.05) is 17.3 Å². The molecule has 0 saturated heterocycles. The van der Waals surface area contributed by atoms with E-state index in [1.165, 1.54) is 19.2 Å². The maximum Gasteiger partial charge on any atom is 0.265 e. The van der Waals surface area contributed by atoms with Gasteiger partial charge in [-0.25, -0.2) is 8.42 Å². The van der Waals surface area contributed by atoms with Gasteiger partial charge in [0.05, 0.1) is 7.11 Å². The van der Waals surface area contributed by atoms with Crippen LogP contribution in [-0.4, -0.2) is 27.5 Å². The number of sulfonamides is 1. The molecule has 1 amide bonds. The van der Waals surface area contributed by atoms with E-state index < -0.39 is 10.0 Å². The fourth-order valence-electron chi connectivity index (χ4n) is 2.27. The molecule has 6 nitrogen and oxygen atoms in total. The summed E-state index contributed by atoms with van der Waals surface area (Å²) < 4.78 is 32.7. The molecule has 0 heterocycles. The zero-order valence-electron chi connectivity index (χ0n) is 13.2. The first-order valence-corrected chi connectivity index (χ1v) is 9.05. The highest BCUT2D eigenvalue weighted by molar-refractivity contribution is 7.92. The molecule has 1 aliphatic carbocycles. The molecule has 126 valence electrons. The van der Waals surface area contributed by atoms with Crippen molar-refractivity contribution >= 4 is 21.6 Å². The van der Waals surface area contributed by atoms with Crippen molar-refractivity contribution in [2.75, 3.05) is 11.8 Å². The number of benzene rings is 2. The van der Waals surface area contributed by atoms with E-state index >= 15 is 0 Å². The van der Waals surface area contributed by atoms with Gasteiger partial charge >= 0.3 is 0 Å². The smallest absolute Gasteiger partial charge is 0.265 e. The third-order valence-corrected chi connectivity index (χ3v) is 5.07. The van der Waals surface area contributed by atoms with E-state index in [-0.39, 0.29) is 22.6 Å².